The predicted molar refractivity (Wildman–Crippen MR) is 105 cm³/mol. The number of benzene rings is 2. The molecule has 0 aliphatic carbocycles. The number of pyridine rings is 1. The topological polar surface area (TPSA) is 81.2 Å². The van der Waals surface area contributed by atoms with Crippen molar-refractivity contribution < 1.29 is 9.32 Å². The van der Waals surface area contributed by atoms with E-state index in [1.165, 1.54) is 9.47 Å². The van der Waals surface area contributed by atoms with Crippen LogP contribution >= 0.6 is 0 Å². The molecule has 0 bridgehead atoms. The number of amides is 1. The third-order valence-electron chi connectivity index (χ3n) is 4.58. The molecule has 1 amide bonds. The summed E-state index contributed by atoms with van der Waals surface area (Å²) >= 11 is 0. The molecular formula is C21H18N4O3. The van der Waals surface area contributed by atoms with Crippen LogP contribution in [-0.2, 0) is 13.6 Å². The Morgan fingerprint density at radius 3 is 2.61 bits per heavy atom. The van der Waals surface area contributed by atoms with Gasteiger partial charge in [0.15, 0.2) is 5.82 Å². The number of nitrogens with zero attached hydrogens (tertiary/aromatic N) is 4. The Morgan fingerprint density at radius 2 is 1.82 bits per heavy atom. The van der Waals surface area contributed by atoms with Crippen molar-refractivity contribution in [3.05, 3.63) is 82.4 Å². The summed E-state index contributed by atoms with van der Waals surface area (Å²) in [7, 11) is 3.34. The van der Waals surface area contributed by atoms with Gasteiger partial charge in [-0.05, 0) is 29.7 Å². The van der Waals surface area contributed by atoms with Crippen LogP contribution in [0.15, 0.2) is 70.0 Å². The van der Waals surface area contributed by atoms with E-state index in [4.69, 9.17) is 4.52 Å². The van der Waals surface area contributed by atoms with Gasteiger partial charge in [0.05, 0.1) is 6.54 Å². The van der Waals surface area contributed by atoms with Crippen molar-refractivity contribution in [2.75, 3.05) is 7.05 Å². The molecule has 2 aromatic carbocycles. The van der Waals surface area contributed by atoms with Crippen LogP contribution in [0.25, 0.3) is 22.4 Å². The molecule has 0 atom stereocenters. The Balaban J connectivity index is 1.62. The molecule has 0 N–H and O–H groups in total. The van der Waals surface area contributed by atoms with Crippen molar-refractivity contribution in [3.8, 4) is 11.6 Å². The average molecular weight is 374 g/mol. The minimum atomic E-state index is -0.135. The van der Waals surface area contributed by atoms with Crippen LogP contribution in [0.3, 0.4) is 0 Å². The Labute approximate surface area is 160 Å². The molecule has 0 radical (unpaired) electrons. The van der Waals surface area contributed by atoms with Crippen molar-refractivity contribution in [2.45, 2.75) is 6.54 Å². The summed E-state index contributed by atoms with van der Waals surface area (Å²) in [5, 5.41) is 5.39. The van der Waals surface area contributed by atoms with E-state index in [0.717, 1.165) is 5.39 Å². The Morgan fingerprint density at radius 1 is 1.11 bits per heavy atom. The number of aromatic nitrogens is 3. The molecule has 7 nitrogen and oxygen atoms in total. The van der Waals surface area contributed by atoms with Gasteiger partial charge in [-0.1, -0.05) is 41.6 Å². The molecule has 4 rings (SSSR count). The van der Waals surface area contributed by atoms with Gasteiger partial charge in [-0.2, -0.15) is 4.98 Å². The van der Waals surface area contributed by atoms with E-state index < -0.39 is 0 Å². The number of rotatable bonds is 4. The normalized spacial score (nSPS) is 10.9. The molecule has 0 fully saturated rings. The maximum atomic E-state index is 12.6. The monoisotopic (exact) mass is 374 g/mol. The van der Waals surface area contributed by atoms with Crippen LogP contribution < -0.4 is 5.56 Å². The maximum absolute atomic E-state index is 12.6. The highest BCUT2D eigenvalue weighted by atomic mass is 16.5. The number of fused-ring (bicyclic) bond motifs is 1. The van der Waals surface area contributed by atoms with E-state index in [1.807, 2.05) is 42.5 Å². The zero-order valence-electron chi connectivity index (χ0n) is 15.5. The first-order valence-electron chi connectivity index (χ1n) is 8.77. The zero-order chi connectivity index (χ0) is 19.7. The lowest BCUT2D eigenvalue weighted by Crippen LogP contribution is -2.26. The van der Waals surface area contributed by atoms with Gasteiger partial charge in [-0.3, -0.25) is 9.59 Å². The second kappa shape index (κ2) is 7.11. The molecule has 0 saturated heterocycles. The highest BCUT2D eigenvalue weighted by molar-refractivity contribution is 5.93. The van der Waals surface area contributed by atoms with Gasteiger partial charge in [-0.25, -0.2) is 0 Å². The highest BCUT2D eigenvalue weighted by Gasteiger charge is 2.18. The molecule has 0 saturated carbocycles. The molecule has 7 heteroatoms. The summed E-state index contributed by atoms with van der Waals surface area (Å²) in [6.45, 7) is 0.193. The second-order valence-electron chi connectivity index (χ2n) is 6.52. The molecule has 0 aliphatic heterocycles. The van der Waals surface area contributed by atoms with Crippen molar-refractivity contribution in [2.24, 2.45) is 7.05 Å². The molecule has 4 aromatic rings. The molecular weight excluding hydrogens is 356 g/mol. The van der Waals surface area contributed by atoms with E-state index in [0.29, 0.717) is 22.5 Å². The Bertz CT molecular complexity index is 1210. The van der Waals surface area contributed by atoms with Gasteiger partial charge in [0.2, 0.25) is 0 Å². The molecule has 2 heterocycles. The molecule has 28 heavy (non-hydrogen) atoms. The SMILES string of the molecule is CN(Cc1noc(-c2cc3ccccc3c(=O)n2C)n1)C(=O)c1ccccc1. The van der Waals surface area contributed by atoms with Crippen molar-refractivity contribution in [1.82, 2.24) is 19.6 Å². The lowest BCUT2D eigenvalue weighted by atomic mass is 10.1. The first-order valence-corrected chi connectivity index (χ1v) is 8.77. The molecule has 0 unspecified atom stereocenters. The van der Waals surface area contributed by atoms with E-state index in [2.05, 4.69) is 10.1 Å². The van der Waals surface area contributed by atoms with Crippen LogP contribution in [0.4, 0.5) is 0 Å². The van der Waals surface area contributed by atoms with E-state index in [-0.39, 0.29) is 23.9 Å². The number of carbonyl (C=O) groups is 1. The molecule has 140 valence electrons. The van der Waals surface area contributed by atoms with Crippen LogP contribution in [0, 0.1) is 0 Å². The molecule has 0 spiro atoms. The third-order valence-corrected chi connectivity index (χ3v) is 4.58. The number of carbonyl (C=O) groups excluding carboxylic acids is 1. The minimum absolute atomic E-state index is 0.134. The van der Waals surface area contributed by atoms with Gasteiger partial charge in [0, 0.05) is 25.0 Å². The highest BCUT2D eigenvalue weighted by Crippen LogP contribution is 2.20. The fourth-order valence-corrected chi connectivity index (χ4v) is 3.06. The van der Waals surface area contributed by atoms with Gasteiger partial charge in [0.1, 0.15) is 5.69 Å². The second-order valence-corrected chi connectivity index (χ2v) is 6.52. The lowest BCUT2D eigenvalue weighted by Gasteiger charge is -2.14. The Hall–Kier alpha value is -3.74. The minimum Gasteiger partial charge on any atom is -0.334 e. The van der Waals surface area contributed by atoms with Crippen molar-refractivity contribution >= 4 is 16.7 Å². The predicted octanol–water partition coefficient (Wildman–Crippen LogP) is 2.86. The fraction of sp³-hybridized carbons (Fsp3) is 0.143. The standard InChI is InChI=1S/C21H18N4O3/c1-24(20(26)14-8-4-3-5-9-14)13-18-22-19(28-23-18)17-12-15-10-6-7-11-16(15)21(27)25(17)2/h3-12H,13H2,1-2H3. The van der Waals surface area contributed by atoms with Gasteiger partial charge in [-0.15, -0.1) is 0 Å². The third kappa shape index (κ3) is 3.18. The molecule has 0 aliphatic rings. The lowest BCUT2D eigenvalue weighted by molar-refractivity contribution is 0.0780. The van der Waals surface area contributed by atoms with Crippen LogP contribution in [-0.4, -0.2) is 32.6 Å². The van der Waals surface area contributed by atoms with Crippen molar-refractivity contribution in [3.63, 3.8) is 0 Å². The summed E-state index contributed by atoms with van der Waals surface area (Å²) in [5.74, 6) is 0.466. The van der Waals surface area contributed by atoms with Crippen LogP contribution in [0.5, 0.6) is 0 Å². The number of hydrogen-bond acceptors (Lipinski definition) is 5. The van der Waals surface area contributed by atoms with E-state index in [1.54, 1.807) is 32.3 Å². The largest absolute Gasteiger partial charge is 0.334 e. The van der Waals surface area contributed by atoms with Gasteiger partial charge in [0.25, 0.3) is 17.4 Å². The maximum Gasteiger partial charge on any atom is 0.274 e. The zero-order valence-corrected chi connectivity index (χ0v) is 15.5. The van der Waals surface area contributed by atoms with Gasteiger partial charge < -0.3 is 14.0 Å². The fourth-order valence-electron chi connectivity index (χ4n) is 3.06. The van der Waals surface area contributed by atoms with Gasteiger partial charge >= 0.3 is 0 Å². The first-order chi connectivity index (χ1) is 13.5. The summed E-state index contributed by atoms with van der Waals surface area (Å²) in [6, 6.07) is 18.2. The van der Waals surface area contributed by atoms with Crippen LogP contribution in [0.1, 0.15) is 16.2 Å². The quantitative estimate of drug-likeness (QED) is 0.549. The summed E-state index contributed by atoms with van der Waals surface area (Å²) < 4.78 is 6.85. The van der Waals surface area contributed by atoms with E-state index in [9.17, 15) is 9.59 Å². The van der Waals surface area contributed by atoms with Crippen molar-refractivity contribution in [1.29, 1.82) is 0 Å². The Kier molecular flexibility index (Phi) is 4.49. The average Bonchev–Trinajstić information content (AvgIpc) is 3.19. The smallest absolute Gasteiger partial charge is 0.274 e. The summed E-state index contributed by atoms with van der Waals surface area (Å²) in [6.07, 6.45) is 0. The van der Waals surface area contributed by atoms with Crippen LogP contribution in [0.2, 0.25) is 0 Å². The summed E-state index contributed by atoms with van der Waals surface area (Å²) in [4.78, 5) is 30.9. The van der Waals surface area contributed by atoms with E-state index >= 15 is 0 Å². The first kappa shape index (κ1) is 17.7. The summed E-state index contributed by atoms with van der Waals surface area (Å²) in [5.41, 5.74) is 0.981. The number of hydrogen-bond donors (Lipinski definition) is 0. The molecule has 2 aromatic heterocycles.